The topological polar surface area (TPSA) is 73.9 Å². The first-order valence-electron chi connectivity index (χ1n) is 8.92. The number of carbonyl (C=O) groups is 1. The molecule has 1 aliphatic rings. The number of H-pyrrole nitrogens is 1. The summed E-state index contributed by atoms with van der Waals surface area (Å²) in [5.74, 6) is 0.852. The van der Waals surface area contributed by atoms with Crippen molar-refractivity contribution in [2.75, 3.05) is 20.1 Å². The first kappa shape index (κ1) is 17.6. The molecule has 1 saturated heterocycles. The Morgan fingerprint density at radius 3 is 2.76 bits per heavy atom. The van der Waals surface area contributed by atoms with Gasteiger partial charge in [-0.15, -0.1) is 0 Å². The Hall–Kier alpha value is -2.21. The number of pyridine rings is 1. The average molecular weight is 341 g/mol. The number of carbonyl (C=O) groups excluding carboxylic acids is 1. The minimum absolute atomic E-state index is 0.179. The van der Waals surface area contributed by atoms with E-state index in [1.165, 1.54) is 12.0 Å². The highest BCUT2D eigenvalue weighted by Gasteiger charge is 2.28. The van der Waals surface area contributed by atoms with Gasteiger partial charge in [-0.25, -0.2) is 4.98 Å². The van der Waals surface area contributed by atoms with Crippen LogP contribution in [0.5, 0.6) is 0 Å². The van der Waals surface area contributed by atoms with Gasteiger partial charge in [0.15, 0.2) is 5.82 Å². The normalized spacial score (nSPS) is 19.1. The molecule has 1 unspecified atom stereocenters. The van der Waals surface area contributed by atoms with E-state index in [4.69, 9.17) is 0 Å². The molecule has 1 fully saturated rings. The lowest BCUT2D eigenvalue weighted by molar-refractivity contribution is 0.0953. The van der Waals surface area contributed by atoms with E-state index in [9.17, 15) is 4.79 Å². The van der Waals surface area contributed by atoms with Gasteiger partial charge in [-0.2, -0.15) is 0 Å². The second kappa shape index (κ2) is 7.35. The second-order valence-electron chi connectivity index (χ2n) is 7.04. The van der Waals surface area contributed by atoms with Gasteiger partial charge < -0.3 is 10.3 Å². The lowest BCUT2D eigenvalue weighted by Crippen LogP contribution is -2.25. The zero-order valence-electron chi connectivity index (χ0n) is 15.5. The molecule has 6 nitrogen and oxygen atoms in total. The van der Waals surface area contributed by atoms with E-state index >= 15 is 0 Å². The lowest BCUT2D eigenvalue weighted by atomic mass is 9.98. The molecule has 0 aromatic carbocycles. The van der Waals surface area contributed by atoms with Gasteiger partial charge in [0.25, 0.3) is 5.91 Å². The standard InChI is InChI=1S/C19H27N5O/c1-12-7-16(8-13(2)22-12)9-15-5-6-24(11-15)14(3)17-10-21-18(23-17)19(25)20-4/h7-8,10,14-15H,5-6,9,11H2,1-4H3,(H,20,25)(H,21,23)/t14?,15-/m0/s1. The number of aromatic amines is 1. The van der Waals surface area contributed by atoms with Gasteiger partial charge >= 0.3 is 0 Å². The molecule has 2 N–H and O–H groups in total. The molecule has 3 rings (SSSR count). The minimum Gasteiger partial charge on any atom is -0.352 e. The fourth-order valence-corrected chi connectivity index (χ4v) is 3.72. The van der Waals surface area contributed by atoms with Crippen molar-refractivity contribution in [2.45, 2.75) is 39.7 Å². The lowest BCUT2D eigenvalue weighted by Gasteiger charge is -2.22. The first-order valence-corrected chi connectivity index (χ1v) is 8.92. The number of aromatic nitrogens is 3. The molecule has 2 aromatic heterocycles. The molecule has 2 aromatic rings. The number of aryl methyl sites for hydroxylation is 2. The molecule has 0 aliphatic carbocycles. The van der Waals surface area contributed by atoms with Crippen LogP contribution in [-0.2, 0) is 6.42 Å². The molecule has 3 heterocycles. The molecule has 0 saturated carbocycles. The first-order chi connectivity index (χ1) is 12.0. The number of hydrogen-bond donors (Lipinski definition) is 2. The van der Waals surface area contributed by atoms with E-state index in [0.29, 0.717) is 11.7 Å². The van der Waals surface area contributed by atoms with Gasteiger partial charge in [0.05, 0.1) is 11.7 Å². The van der Waals surface area contributed by atoms with Gasteiger partial charge in [0.2, 0.25) is 0 Å². The third-order valence-corrected chi connectivity index (χ3v) is 5.00. The van der Waals surface area contributed by atoms with Crippen molar-refractivity contribution in [2.24, 2.45) is 5.92 Å². The molecule has 0 spiro atoms. The van der Waals surface area contributed by atoms with Crippen LogP contribution in [0.25, 0.3) is 0 Å². The van der Waals surface area contributed by atoms with Crippen LogP contribution in [0.3, 0.4) is 0 Å². The summed E-state index contributed by atoms with van der Waals surface area (Å²) in [5.41, 5.74) is 4.49. The summed E-state index contributed by atoms with van der Waals surface area (Å²) in [6.45, 7) is 8.40. The number of amides is 1. The van der Waals surface area contributed by atoms with Crippen LogP contribution in [0, 0.1) is 19.8 Å². The maximum atomic E-state index is 11.7. The second-order valence-corrected chi connectivity index (χ2v) is 7.04. The van der Waals surface area contributed by atoms with Crippen molar-refractivity contribution in [1.82, 2.24) is 25.2 Å². The van der Waals surface area contributed by atoms with Crippen LogP contribution in [-0.4, -0.2) is 45.9 Å². The number of nitrogens with one attached hydrogen (secondary N) is 2. The van der Waals surface area contributed by atoms with Crippen molar-refractivity contribution in [1.29, 1.82) is 0 Å². The van der Waals surface area contributed by atoms with Gasteiger partial charge in [-0.05, 0) is 63.8 Å². The number of likely N-dealkylation sites (tertiary alicyclic amines) is 1. The van der Waals surface area contributed by atoms with E-state index in [2.05, 4.69) is 58.1 Å². The summed E-state index contributed by atoms with van der Waals surface area (Å²) in [4.78, 5) is 26.0. The fourth-order valence-electron chi connectivity index (χ4n) is 3.72. The highest BCUT2D eigenvalue weighted by Crippen LogP contribution is 2.28. The molecule has 1 aliphatic heterocycles. The summed E-state index contributed by atoms with van der Waals surface area (Å²) in [6.07, 6.45) is 4.13. The summed E-state index contributed by atoms with van der Waals surface area (Å²) in [6, 6.07) is 4.60. The van der Waals surface area contributed by atoms with Crippen molar-refractivity contribution in [3.63, 3.8) is 0 Å². The van der Waals surface area contributed by atoms with E-state index in [1.807, 2.05) is 6.20 Å². The van der Waals surface area contributed by atoms with Crippen LogP contribution >= 0.6 is 0 Å². The van der Waals surface area contributed by atoms with Crippen molar-refractivity contribution < 1.29 is 4.79 Å². The van der Waals surface area contributed by atoms with E-state index < -0.39 is 0 Å². The highest BCUT2D eigenvalue weighted by atomic mass is 16.2. The Balaban J connectivity index is 1.62. The fraction of sp³-hybridized carbons (Fsp3) is 0.526. The number of hydrogen-bond acceptors (Lipinski definition) is 4. The summed E-state index contributed by atoms with van der Waals surface area (Å²) >= 11 is 0. The number of nitrogens with zero attached hydrogens (tertiary/aromatic N) is 3. The predicted octanol–water partition coefficient (Wildman–Crippen LogP) is 2.41. The quantitative estimate of drug-likeness (QED) is 0.876. The van der Waals surface area contributed by atoms with Crippen molar-refractivity contribution in [3.8, 4) is 0 Å². The van der Waals surface area contributed by atoms with Crippen LogP contribution in [0.2, 0.25) is 0 Å². The largest absolute Gasteiger partial charge is 0.352 e. The Labute approximate surface area is 149 Å². The number of rotatable bonds is 5. The predicted molar refractivity (Wildman–Crippen MR) is 97.5 cm³/mol. The molecular weight excluding hydrogens is 314 g/mol. The van der Waals surface area contributed by atoms with Crippen LogP contribution < -0.4 is 5.32 Å². The van der Waals surface area contributed by atoms with E-state index in [0.717, 1.165) is 36.6 Å². The Morgan fingerprint density at radius 1 is 1.36 bits per heavy atom. The summed E-state index contributed by atoms with van der Waals surface area (Å²) < 4.78 is 0. The van der Waals surface area contributed by atoms with Gasteiger partial charge in [0, 0.05) is 31.2 Å². The summed E-state index contributed by atoms with van der Waals surface area (Å²) in [5, 5.41) is 2.60. The zero-order valence-corrected chi connectivity index (χ0v) is 15.5. The minimum atomic E-state index is -0.179. The molecule has 0 bridgehead atoms. The van der Waals surface area contributed by atoms with Gasteiger partial charge in [-0.3, -0.25) is 14.7 Å². The van der Waals surface area contributed by atoms with Gasteiger partial charge in [-0.1, -0.05) is 0 Å². The third-order valence-electron chi connectivity index (χ3n) is 5.00. The zero-order chi connectivity index (χ0) is 18.0. The molecule has 1 amide bonds. The van der Waals surface area contributed by atoms with Crippen molar-refractivity contribution in [3.05, 3.63) is 46.8 Å². The maximum Gasteiger partial charge on any atom is 0.286 e. The molecule has 2 atom stereocenters. The van der Waals surface area contributed by atoms with Crippen LogP contribution in [0.15, 0.2) is 18.3 Å². The highest BCUT2D eigenvalue weighted by molar-refractivity contribution is 5.90. The average Bonchev–Trinajstić information content (AvgIpc) is 3.22. The molecule has 0 radical (unpaired) electrons. The Morgan fingerprint density at radius 2 is 2.08 bits per heavy atom. The van der Waals surface area contributed by atoms with E-state index in [-0.39, 0.29) is 11.9 Å². The molecule has 25 heavy (non-hydrogen) atoms. The van der Waals surface area contributed by atoms with E-state index in [1.54, 1.807) is 7.05 Å². The smallest absolute Gasteiger partial charge is 0.286 e. The van der Waals surface area contributed by atoms with Crippen LogP contribution in [0.1, 0.15) is 52.7 Å². The Kier molecular flexibility index (Phi) is 5.18. The number of imidazole rings is 1. The summed E-state index contributed by atoms with van der Waals surface area (Å²) in [7, 11) is 1.61. The van der Waals surface area contributed by atoms with Crippen LogP contribution in [0.4, 0.5) is 0 Å². The molecule has 6 heteroatoms. The molecular formula is C19H27N5O. The third kappa shape index (κ3) is 4.07. The monoisotopic (exact) mass is 341 g/mol. The van der Waals surface area contributed by atoms with Gasteiger partial charge in [0.1, 0.15) is 0 Å². The Bertz CT molecular complexity index is 734. The molecule has 134 valence electrons. The maximum absolute atomic E-state index is 11.7. The van der Waals surface area contributed by atoms with Crippen molar-refractivity contribution >= 4 is 5.91 Å². The SMILES string of the molecule is CNC(=O)c1nc(C(C)N2CC[C@@H](Cc3cc(C)nc(C)c3)C2)c[nH]1.